The molecular formula is C27H32F3N5O2. The highest BCUT2D eigenvalue weighted by molar-refractivity contribution is 6.15. The summed E-state index contributed by atoms with van der Waals surface area (Å²) in [5.41, 5.74) is 0.304. The van der Waals surface area contributed by atoms with Crippen molar-refractivity contribution in [2.75, 3.05) is 18.9 Å². The number of halogens is 3. The van der Waals surface area contributed by atoms with E-state index in [1.54, 1.807) is 32.2 Å². The Bertz CT molecular complexity index is 1190. The van der Waals surface area contributed by atoms with E-state index in [0.717, 1.165) is 30.5 Å². The number of hydrogen-bond acceptors (Lipinski definition) is 5. The van der Waals surface area contributed by atoms with Gasteiger partial charge in [-0.1, -0.05) is 32.4 Å². The summed E-state index contributed by atoms with van der Waals surface area (Å²) in [6.07, 6.45) is -1.11. The van der Waals surface area contributed by atoms with Gasteiger partial charge in [0.25, 0.3) is 5.91 Å². The second kappa shape index (κ2) is 13.4. The van der Waals surface area contributed by atoms with Crippen LogP contribution in [0, 0.1) is 18.3 Å². The molecule has 198 valence electrons. The van der Waals surface area contributed by atoms with E-state index >= 15 is 0 Å². The Kier molecular flexibility index (Phi) is 10.6. The summed E-state index contributed by atoms with van der Waals surface area (Å²) in [6, 6.07) is 9.08. The van der Waals surface area contributed by atoms with Gasteiger partial charge in [0.15, 0.2) is 5.84 Å². The van der Waals surface area contributed by atoms with Crippen LogP contribution in [0.2, 0.25) is 0 Å². The highest BCUT2D eigenvalue weighted by Gasteiger charge is 2.31. The molecule has 1 amide bonds. The summed E-state index contributed by atoms with van der Waals surface area (Å²) in [4.78, 5) is 20.4. The Hall–Kier alpha value is -3.95. The van der Waals surface area contributed by atoms with Crippen LogP contribution in [0.5, 0.6) is 5.75 Å². The van der Waals surface area contributed by atoms with Gasteiger partial charge in [0.2, 0.25) is 5.88 Å². The minimum atomic E-state index is -4.56. The maximum Gasteiger partial charge on any atom is 0.416 e. The average Bonchev–Trinajstić information content (AvgIpc) is 2.86. The largest absolute Gasteiger partial charge is 0.440 e. The third kappa shape index (κ3) is 8.59. The topological polar surface area (TPSA) is 98.9 Å². The fraction of sp³-hybridized carbons (Fsp3) is 0.333. The van der Waals surface area contributed by atoms with Gasteiger partial charge < -0.3 is 15.4 Å². The molecule has 0 aliphatic rings. The smallest absolute Gasteiger partial charge is 0.416 e. The molecule has 1 atom stereocenters. The van der Waals surface area contributed by atoms with E-state index in [0.29, 0.717) is 29.5 Å². The second-order valence-corrected chi connectivity index (χ2v) is 8.53. The number of carbonyl (C=O) groups is 1. The Labute approximate surface area is 215 Å². The molecule has 7 nitrogen and oxygen atoms in total. The highest BCUT2D eigenvalue weighted by Crippen LogP contribution is 2.30. The van der Waals surface area contributed by atoms with Crippen molar-refractivity contribution in [3.8, 4) is 5.75 Å². The van der Waals surface area contributed by atoms with Crippen molar-refractivity contribution in [2.45, 2.75) is 39.8 Å². The van der Waals surface area contributed by atoms with Gasteiger partial charge in [-0.05, 0) is 55.8 Å². The zero-order valence-electron chi connectivity index (χ0n) is 21.4. The van der Waals surface area contributed by atoms with Crippen molar-refractivity contribution in [1.29, 1.82) is 5.41 Å². The lowest BCUT2D eigenvalue weighted by atomic mass is 10.1. The first-order valence-electron chi connectivity index (χ1n) is 11.7. The van der Waals surface area contributed by atoms with Crippen molar-refractivity contribution in [2.24, 2.45) is 15.9 Å². The van der Waals surface area contributed by atoms with Crippen molar-refractivity contribution in [3.63, 3.8) is 0 Å². The van der Waals surface area contributed by atoms with E-state index in [1.807, 2.05) is 0 Å². The number of alkyl halides is 3. The zero-order chi connectivity index (χ0) is 27.6. The lowest BCUT2D eigenvalue weighted by Crippen LogP contribution is -2.27. The lowest BCUT2D eigenvalue weighted by molar-refractivity contribution is -0.137. The van der Waals surface area contributed by atoms with Crippen LogP contribution >= 0.6 is 0 Å². The average molecular weight is 516 g/mol. The highest BCUT2D eigenvalue weighted by atomic mass is 19.4. The number of anilines is 1. The number of rotatable bonds is 11. The minimum Gasteiger partial charge on any atom is -0.440 e. The number of amides is 1. The standard InChI is InChI=1S/C27H32F3N5O2/c1-6-8-17(2)15-34-26(22(16-32-4)24(31)33-5)37-23-14-21(12-11-18(23)3)35-25(36)19-9-7-10-20(13-19)27(28,29)30/h7,9-14,16-17,31,34H,5-6,8,15H2,1-4H3,(H,35,36). The first-order valence-corrected chi connectivity index (χ1v) is 11.7. The summed E-state index contributed by atoms with van der Waals surface area (Å²) in [6.45, 7) is 9.98. The van der Waals surface area contributed by atoms with Crippen LogP contribution in [0.25, 0.3) is 0 Å². The number of aryl methyl sites for hydroxylation is 1. The Morgan fingerprint density at radius 1 is 1.24 bits per heavy atom. The molecule has 0 aliphatic heterocycles. The van der Waals surface area contributed by atoms with Gasteiger partial charge >= 0.3 is 6.18 Å². The number of ether oxygens (including phenoxy) is 1. The Morgan fingerprint density at radius 3 is 2.59 bits per heavy atom. The SMILES string of the molecule is C=NC(=N)C(C=NC)=C(NCC(C)CCC)Oc1cc(NC(=O)c2cccc(C(F)(F)F)c2)ccc1C. The van der Waals surface area contributed by atoms with Gasteiger partial charge in [0.1, 0.15) is 5.75 Å². The number of nitrogens with one attached hydrogen (secondary N) is 3. The van der Waals surface area contributed by atoms with E-state index in [2.05, 4.69) is 41.2 Å². The third-order valence-electron chi connectivity index (χ3n) is 5.42. The molecule has 0 saturated carbocycles. The molecular weight excluding hydrogens is 483 g/mol. The molecule has 1 unspecified atom stereocenters. The summed E-state index contributed by atoms with van der Waals surface area (Å²) < 4.78 is 45.3. The number of hydrogen-bond donors (Lipinski definition) is 3. The summed E-state index contributed by atoms with van der Waals surface area (Å²) >= 11 is 0. The van der Waals surface area contributed by atoms with Gasteiger partial charge in [-0.2, -0.15) is 13.2 Å². The molecule has 0 aromatic heterocycles. The quantitative estimate of drug-likeness (QED) is 0.187. The van der Waals surface area contributed by atoms with E-state index in [4.69, 9.17) is 10.1 Å². The van der Waals surface area contributed by atoms with Gasteiger partial charge in [-0.25, -0.2) is 4.99 Å². The molecule has 37 heavy (non-hydrogen) atoms. The summed E-state index contributed by atoms with van der Waals surface area (Å²) in [5, 5.41) is 14.0. The van der Waals surface area contributed by atoms with Crippen LogP contribution in [0.15, 0.2) is 63.9 Å². The molecule has 0 saturated heterocycles. The number of aliphatic imine (C=N–C) groups is 2. The van der Waals surface area contributed by atoms with E-state index in [1.165, 1.54) is 18.3 Å². The van der Waals surface area contributed by atoms with Crippen LogP contribution in [0.1, 0.15) is 48.2 Å². The van der Waals surface area contributed by atoms with E-state index < -0.39 is 17.6 Å². The van der Waals surface area contributed by atoms with E-state index in [-0.39, 0.29) is 17.3 Å². The van der Waals surface area contributed by atoms with Crippen molar-refractivity contribution in [3.05, 3.63) is 70.6 Å². The number of nitrogens with zero attached hydrogens (tertiary/aromatic N) is 2. The van der Waals surface area contributed by atoms with Crippen LogP contribution in [-0.2, 0) is 6.18 Å². The molecule has 0 aliphatic carbocycles. The zero-order valence-corrected chi connectivity index (χ0v) is 21.4. The van der Waals surface area contributed by atoms with Crippen molar-refractivity contribution >= 4 is 30.4 Å². The molecule has 2 aromatic rings. The van der Waals surface area contributed by atoms with Gasteiger partial charge in [-0.3, -0.25) is 15.2 Å². The van der Waals surface area contributed by atoms with Crippen LogP contribution in [0.3, 0.4) is 0 Å². The predicted molar refractivity (Wildman–Crippen MR) is 142 cm³/mol. The van der Waals surface area contributed by atoms with Crippen molar-refractivity contribution < 1.29 is 22.7 Å². The first-order chi connectivity index (χ1) is 17.5. The molecule has 0 spiro atoms. The number of amidine groups is 1. The van der Waals surface area contributed by atoms with Crippen LogP contribution < -0.4 is 15.4 Å². The van der Waals surface area contributed by atoms with Crippen LogP contribution in [-0.4, -0.2) is 38.3 Å². The monoisotopic (exact) mass is 515 g/mol. The number of carbonyl (C=O) groups excluding carboxylic acids is 1. The molecule has 0 bridgehead atoms. The molecule has 0 heterocycles. The van der Waals surface area contributed by atoms with Crippen LogP contribution in [0.4, 0.5) is 18.9 Å². The maximum absolute atomic E-state index is 13.0. The predicted octanol–water partition coefficient (Wildman–Crippen LogP) is 6.26. The first kappa shape index (κ1) is 29.3. The lowest BCUT2D eigenvalue weighted by Gasteiger charge is -2.19. The Morgan fingerprint density at radius 2 is 1.97 bits per heavy atom. The number of benzene rings is 2. The molecule has 2 aromatic carbocycles. The summed E-state index contributed by atoms with van der Waals surface area (Å²) in [7, 11) is 1.56. The fourth-order valence-electron chi connectivity index (χ4n) is 3.43. The third-order valence-corrected chi connectivity index (χ3v) is 5.42. The fourth-order valence-corrected chi connectivity index (χ4v) is 3.43. The minimum absolute atomic E-state index is 0.128. The van der Waals surface area contributed by atoms with Crippen molar-refractivity contribution in [1.82, 2.24) is 5.32 Å². The van der Waals surface area contributed by atoms with E-state index in [9.17, 15) is 18.0 Å². The Balaban J connectivity index is 2.37. The molecule has 2 rings (SSSR count). The van der Waals surface area contributed by atoms with Gasteiger partial charge in [0.05, 0.1) is 11.1 Å². The molecule has 3 N–H and O–H groups in total. The molecule has 10 heteroatoms. The normalized spacial score (nSPS) is 13.1. The maximum atomic E-state index is 13.0. The van der Waals surface area contributed by atoms with Gasteiger partial charge in [-0.15, -0.1) is 0 Å². The summed E-state index contributed by atoms with van der Waals surface area (Å²) in [5.74, 6) is 0.109. The molecule has 0 radical (unpaired) electrons. The second-order valence-electron chi connectivity index (χ2n) is 8.53. The molecule has 0 fully saturated rings. The van der Waals surface area contributed by atoms with Gasteiger partial charge in [0, 0.05) is 37.1 Å².